The minimum Gasteiger partial charge on any atom is -0.508 e. The lowest BCUT2D eigenvalue weighted by Gasteiger charge is -2.17. The third-order valence-electron chi connectivity index (χ3n) is 5.16. The Bertz CT molecular complexity index is 1250. The Kier molecular flexibility index (Phi) is 3.57. The van der Waals surface area contributed by atoms with Crippen LogP contribution in [0.25, 0.3) is 17.0 Å². The quantitative estimate of drug-likeness (QED) is 0.578. The van der Waals surface area contributed by atoms with E-state index in [1.54, 1.807) is 13.2 Å². The van der Waals surface area contributed by atoms with E-state index in [2.05, 4.69) is 5.32 Å². The van der Waals surface area contributed by atoms with E-state index in [0.717, 1.165) is 17.0 Å². The van der Waals surface area contributed by atoms with Crippen LogP contribution < -0.4 is 14.8 Å². The van der Waals surface area contributed by atoms with Gasteiger partial charge in [-0.1, -0.05) is 0 Å². The number of fused-ring (bicyclic) bond motifs is 4. The zero-order valence-electron chi connectivity index (χ0n) is 15.4. The van der Waals surface area contributed by atoms with Crippen molar-refractivity contribution in [2.45, 2.75) is 6.54 Å². The number of ketones is 1. The first-order chi connectivity index (χ1) is 14.0. The zero-order chi connectivity index (χ0) is 20.3. The first-order valence-electron chi connectivity index (χ1n) is 8.96. The van der Waals surface area contributed by atoms with Gasteiger partial charge in [-0.05, 0) is 24.3 Å². The minimum absolute atomic E-state index is 0.0199. The monoisotopic (exact) mass is 392 g/mol. The van der Waals surface area contributed by atoms with Gasteiger partial charge in [0.1, 0.15) is 34.3 Å². The van der Waals surface area contributed by atoms with E-state index in [0.29, 0.717) is 30.1 Å². The molecule has 3 N–H and O–H groups in total. The molecule has 2 aliphatic rings. The molecule has 0 bridgehead atoms. The highest BCUT2D eigenvalue weighted by Crippen LogP contribution is 2.41. The number of nitrogens with zero attached hydrogens (tertiary/aromatic N) is 1. The number of carbonyl (C=O) groups is 2. The lowest BCUT2D eigenvalue weighted by atomic mass is 10.1. The Hall–Kier alpha value is -3.94. The molecular weight excluding hydrogens is 376 g/mol. The number of ether oxygens (including phenoxy) is 2. The van der Waals surface area contributed by atoms with E-state index < -0.39 is 5.78 Å². The molecule has 29 heavy (non-hydrogen) atoms. The van der Waals surface area contributed by atoms with Crippen LogP contribution >= 0.6 is 0 Å². The molecule has 0 atom stereocenters. The Balaban J connectivity index is 1.74. The van der Waals surface area contributed by atoms with E-state index in [1.807, 2.05) is 16.7 Å². The van der Waals surface area contributed by atoms with Crippen molar-refractivity contribution in [3.05, 3.63) is 52.9 Å². The van der Waals surface area contributed by atoms with Gasteiger partial charge in [0.2, 0.25) is 5.78 Å². The summed E-state index contributed by atoms with van der Waals surface area (Å²) in [6.45, 7) is 1.10. The van der Waals surface area contributed by atoms with E-state index in [1.165, 1.54) is 12.1 Å². The predicted molar refractivity (Wildman–Crippen MR) is 104 cm³/mol. The molecule has 0 spiro atoms. The van der Waals surface area contributed by atoms with E-state index in [9.17, 15) is 19.8 Å². The van der Waals surface area contributed by atoms with Crippen LogP contribution in [0.5, 0.6) is 23.0 Å². The molecule has 0 radical (unpaired) electrons. The third-order valence-corrected chi connectivity index (χ3v) is 5.16. The summed E-state index contributed by atoms with van der Waals surface area (Å²) in [5.74, 6) is -0.713. The molecule has 1 aromatic heterocycles. The fourth-order valence-electron chi connectivity index (χ4n) is 3.88. The Morgan fingerprint density at radius 1 is 1.21 bits per heavy atom. The van der Waals surface area contributed by atoms with Gasteiger partial charge in [0.25, 0.3) is 5.91 Å². The molecule has 2 aromatic carbocycles. The molecule has 0 aliphatic carbocycles. The summed E-state index contributed by atoms with van der Waals surface area (Å²) in [6, 6.07) is 7.82. The fourth-order valence-corrected chi connectivity index (χ4v) is 3.88. The number of carbonyl (C=O) groups excluding carboxylic acids is 2. The molecule has 0 saturated carbocycles. The normalized spacial score (nSPS) is 16.5. The van der Waals surface area contributed by atoms with Crippen molar-refractivity contribution in [3.63, 3.8) is 0 Å². The third kappa shape index (κ3) is 2.46. The van der Waals surface area contributed by atoms with E-state index in [4.69, 9.17) is 9.47 Å². The van der Waals surface area contributed by atoms with Gasteiger partial charge >= 0.3 is 0 Å². The second kappa shape index (κ2) is 6.03. The number of methoxy groups -OCH3 is 1. The molecule has 5 rings (SSSR count). The van der Waals surface area contributed by atoms with Gasteiger partial charge in [-0.3, -0.25) is 9.59 Å². The number of phenolic OH excluding ortho intramolecular Hbond substituents is 2. The average molecular weight is 392 g/mol. The fraction of sp³-hybridized carbons (Fsp3) is 0.143. The molecule has 146 valence electrons. The van der Waals surface area contributed by atoms with Crippen molar-refractivity contribution >= 4 is 28.7 Å². The van der Waals surface area contributed by atoms with Gasteiger partial charge in [-0.2, -0.15) is 0 Å². The van der Waals surface area contributed by atoms with Crippen molar-refractivity contribution in [3.8, 4) is 23.0 Å². The number of hydrogen-bond donors (Lipinski definition) is 3. The summed E-state index contributed by atoms with van der Waals surface area (Å²) in [5.41, 5.74) is 1.77. The molecule has 0 unspecified atom stereocenters. The second-order valence-electron chi connectivity index (χ2n) is 6.83. The highest BCUT2D eigenvalue weighted by atomic mass is 16.5. The van der Waals surface area contributed by atoms with Crippen LogP contribution in [0.2, 0.25) is 0 Å². The zero-order valence-corrected chi connectivity index (χ0v) is 15.4. The number of hydrogen-bond acceptors (Lipinski definition) is 6. The number of amides is 1. The largest absolute Gasteiger partial charge is 0.508 e. The summed E-state index contributed by atoms with van der Waals surface area (Å²) < 4.78 is 12.8. The summed E-state index contributed by atoms with van der Waals surface area (Å²) in [7, 11) is 1.55. The number of Topliss-reactive ketones (excluding diaryl/α,β-unsaturated/α-hetero) is 1. The maximum atomic E-state index is 12.8. The number of phenols is 2. The lowest BCUT2D eigenvalue weighted by Crippen LogP contribution is -2.35. The van der Waals surface area contributed by atoms with Gasteiger partial charge in [-0.25, -0.2) is 0 Å². The smallest absolute Gasteiger partial charge is 0.268 e. The number of nitrogens with one attached hydrogen (secondary N) is 1. The number of aromatic nitrogens is 1. The number of allylic oxidation sites excluding steroid dienone is 1. The standard InChI is InChI=1S/C21H16N2O6/c1-28-11-2-3-14-12(8-11)13(19-21(27)22-4-5-23(14)19)9-17-20(26)18-15(25)6-10(24)7-16(18)29-17/h2-3,6-9,24-25H,4-5H2,1H3,(H,22,27). The Labute approximate surface area is 164 Å². The summed E-state index contributed by atoms with van der Waals surface area (Å²) in [4.78, 5) is 25.4. The van der Waals surface area contributed by atoms with Crippen molar-refractivity contribution in [1.29, 1.82) is 0 Å². The van der Waals surface area contributed by atoms with Crippen LogP contribution in [0.3, 0.4) is 0 Å². The second-order valence-corrected chi connectivity index (χ2v) is 6.83. The molecule has 3 aromatic rings. The van der Waals surface area contributed by atoms with Crippen molar-refractivity contribution in [2.24, 2.45) is 0 Å². The number of rotatable bonds is 2. The molecule has 1 amide bonds. The summed E-state index contributed by atoms with van der Waals surface area (Å²) in [6.07, 6.45) is 1.50. The first kappa shape index (κ1) is 17.2. The van der Waals surface area contributed by atoms with E-state index >= 15 is 0 Å². The highest BCUT2D eigenvalue weighted by Gasteiger charge is 2.33. The van der Waals surface area contributed by atoms with Gasteiger partial charge in [0.05, 0.1) is 7.11 Å². The van der Waals surface area contributed by atoms with Crippen LogP contribution in [0.4, 0.5) is 0 Å². The molecular formula is C21H16N2O6. The number of benzene rings is 2. The van der Waals surface area contributed by atoms with Crippen LogP contribution in [0.15, 0.2) is 36.1 Å². The summed E-state index contributed by atoms with van der Waals surface area (Å²) in [5, 5.41) is 23.2. The first-order valence-corrected chi connectivity index (χ1v) is 8.96. The molecule has 2 aliphatic heterocycles. The maximum absolute atomic E-state index is 12.8. The summed E-state index contributed by atoms with van der Waals surface area (Å²) >= 11 is 0. The molecule has 0 fully saturated rings. The highest BCUT2D eigenvalue weighted by molar-refractivity contribution is 6.18. The van der Waals surface area contributed by atoms with Crippen molar-refractivity contribution in [1.82, 2.24) is 9.88 Å². The van der Waals surface area contributed by atoms with Crippen LogP contribution in [0, 0.1) is 0 Å². The molecule has 0 saturated heterocycles. The molecule has 3 heterocycles. The minimum atomic E-state index is -0.523. The lowest BCUT2D eigenvalue weighted by molar-refractivity contribution is 0.0927. The van der Waals surface area contributed by atoms with Crippen LogP contribution in [-0.4, -0.2) is 40.1 Å². The van der Waals surface area contributed by atoms with Gasteiger partial charge in [-0.15, -0.1) is 0 Å². The SMILES string of the molecule is COc1ccc2c(c1)c(C=C1Oc3cc(O)cc(O)c3C1=O)c1n2CCNC1=O. The van der Waals surface area contributed by atoms with Crippen molar-refractivity contribution < 1.29 is 29.3 Å². The topological polar surface area (TPSA) is 110 Å². The van der Waals surface area contributed by atoms with Crippen molar-refractivity contribution in [2.75, 3.05) is 13.7 Å². The average Bonchev–Trinajstić information content (AvgIpc) is 3.17. The van der Waals surface area contributed by atoms with Crippen LogP contribution in [0.1, 0.15) is 26.4 Å². The number of aromatic hydroxyl groups is 2. The van der Waals surface area contributed by atoms with Crippen LogP contribution in [-0.2, 0) is 6.54 Å². The predicted octanol–water partition coefficient (Wildman–Crippen LogP) is 2.42. The Morgan fingerprint density at radius 3 is 2.83 bits per heavy atom. The van der Waals surface area contributed by atoms with E-state index in [-0.39, 0.29) is 34.5 Å². The maximum Gasteiger partial charge on any atom is 0.268 e. The molecule has 8 nitrogen and oxygen atoms in total. The van der Waals surface area contributed by atoms with Gasteiger partial charge in [0, 0.05) is 41.7 Å². The molecule has 8 heteroatoms. The van der Waals surface area contributed by atoms with Gasteiger partial charge in [0.15, 0.2) is 5.76 Å². The van der Waals surface area contributed by atoms with Gasteiger partial charge < -0.3 is 29.6 Å². The Morgan fingerprint density at radius 2 is 2.03 bits per heavy atom.